The molecule has 2 amide bonds. The number of hydrogen-bond acceptors (Lipinski definition) is 4. The second kappa shape index (κ2) is 11.6. The van der Waals surface area contributed by atoms with Gasteiger partial charge in [-0.3, -0.25) is 9.59 Å². The van der Waals surface area contributed by atoms with Gasteiger partial charge < -0.3 is 14.5 Å². The zero-order valence-electron chi connectivity index (χ0n) is 20.1. The van der Waals surface area contributed by atoms with E-state index in [-0.39, 0.29) is 42.7 Å². The van der Waals surface area contributed by atoms with Gasteiger partial charge in [-0.1, -0.05) is 40.2 Å². The lowest BCUT2D eigenvalue weighted by Crippen LogP contribution is -2.48. The standard InChI is InChI=1S/C26H35FN2O3S/c1-5-19(4)15-28(25(30)13-18(2)3)16-26(31)29-11-9-24-22(10-12-33-24)23(29)17-32-21-8-6-7-20(27)14-21/h6-8,10,12,14,18-19,23H,5,9,11,13,15-17H2,1-4H3/t19-,23-/m1/s1. The van der Waals surface area contributed by atoms with E-state index in [0.717, 1.165) is 18.4 Å². The van der Waals surface area contributed by atoms with Crippen molar-refractivity contribution in [1.82, 2.24) is 9.80 Å². The number of nitrogens with zero attached hydrogens (tertiary/aromatic N) is 2. The van der Waals surface area contributed by atoms with E-state index in [1.54, 1.807) is 28.4 Å². The summed E-state index contributed by atoms with van der Waals surface area (Å²) in [5, 5.41) is 2.04. The molecular formula is C26H35FN2O3S. The zero-order valence-corrected chi connectivity index (χ0v) is 20.9. The van der Waals surface area contributed by atoms with Gasteiger partial charge in [0.2, 0.25) is 11.8 Å². The molecule has 1 aliphatic rings. The van der Waals surface area contributed by atoms with Crippen molar-refractivity contribution >= 4 is 23.2 Å². The summed E-state index contributed by atoms with van der Waals surface area (Å²) >= 11 is 1.69. The smallest absolute Gasteiger partial charge is 0.242 e. The van der Waals surface area contributed by atoms with E-state index >= 15 is 0 Å². The number of amides is 2. The maximum Gasteiger partial charge on any atom is 0.242 e. The summed E-state index contributed by atoms with van der Waals surface area (Å²) in [6.07, 6.45) is 2.18. The molecule has 0 saturated carbocycles. The summed E-state index contributed by atoms with van der Waals surface area (Å²) in [7, 11) is 0. The van der Waals surface area contributed by atoms with E-state index in [1.807, 2.05) is 30.2 Å². The van der Waals surface area contributed by atoms with Gasteiger partial charge in [-0.05, 0) is 47.4 Å². The van der Waals surface area contributed by atoms with Crippen LogP contribution >= 0.6 is 11.3 Å². The Morgan fingerprint density at radius 3 is 2.76 bits per heavy atom. The Labute approximate surface area is 200 Å². The van der Waals surface area contributed by atoms with Crippen molar-refractivity contribution in [2.75, 3.05) is 26.2 Å². The molecule has 0 N–H and O–H groups in total. The number of hydrogen-bond donors (Lipinski definition) is 0. The molecule has 2 aromatic rings. The van der Waals surface area contributed by atoms with Crippen LogP contribution in [-0.4, -0.2) is 47.9 Å². The Balaban J connectivity index is 1.77. The summed E-state index contributed by atoms with van der Waals surface area (Å²) in [6, 6.07) is 7.83. The molecule has 0 spiro atoms. The van der Waals surface area contributed by atoms with E-state index in [2.05, 4.69) is 13.8 Å². The fraction of sp³-hybridized carbons (Fsp3) is 0.538. The van der Waals surface area contributed by atoms with Crippen molar-refractivity contribution in [2.24, 2.45) is 11.8 Å². The van der Waals surface area contributed by atoms with Crippen LogP contribution in [0.5, 0.6) is 5.75 Å². The Morgan fingerprint density at radius 2 is 2.06 bits per heavy atom. The molecule has 33 heavy (non-hydrogen) atoms. The van der Waals surface area contributed by atoms with Crippen LogP contribution in [0.3, 0.4) is 0 Å². The van der Waals surface area contributed by atoms with Gasteiger partial charge in [0.1, 0.15) is 18.2 Å². The quantitative estimate of drug-likeness (QED) is 0.469. The van der Waals surface area contributed by atoms with E-state index in [0.29, 0.717) is 31.2 Å². The van der Waals surface area contributed by atoms with Gasteiger partial charge in [0, 0.05) is 30.5 Å². The van der Waals surface area contributed by atoms with E-state index in [4.69, 9.17) is 4.74 Å². The highest BCUT2D eigenvalue weighted by Crippen LogP contribution is 2.34. The van der Waals surface area contributed by atoms with Crippen LogP contribution in [0, 0.1) is 17.7 Å². The van der Waals surface area contributed by atoms with Gasteiger partial charge in [0.15, 0.2) is 0 Å². The highest BCUT2D eigenvalue weighted by atomic mass is 32.1. The van der Waals surface area contributed by atoms with E-state index in [9.17, 15) is 14.0 Å². The summed E-state index contributed by atoms with van der Waals surface area (Å²) < 4.78 is 19.5. The average Bonchev–Trinajstić information content (AvgIpc) is 3.25. The van der Waals surface area contributed by atoms with Crippen LogP contribution in [0.1, 0.15) is 57.0 Å². The second-order valence-corrected chi connectivity index (χ2v) is 10.3. The minimum atomic E-state index is -0.357. The van der Waals surface area contributed by atoms with Crippen LogP contribution in [0.15, 0.2) is 35.7 Å². The van der Waals surface area contributed by atoms with Gasteiger partial charge in [-0.15, -0.1) is 11.3 Å². The highest BCUT2D eigenvalue weighted by molar-refractivity contribution is 7.10. The molecule has 7 heteroatoms. The van der Waals surface area contributed by atoms with Crippen LogP contribution in [0.25, 0.3) is 0 Å². The maximum absolute atomic E-state index is 13.6. The van der Waals surface area contributed by atoms with Gasteiger partial charge in [0.05, 0.1) is 12.6 Å². The number of carbonyl (C=O) groups is 2. The topological polar surface area (TPSA) is 49.9 Å². The molecule has 5 nitrogen and oxygen atoms in total. The molecule has 3 rings (SSSR count). The fourth-order valence-electron chi connectivity index (χ4n) is 4.10. The third kappa shape index (κ3) is 6.79. The minimum Gasteiger partial charge on any atom is -0.491 e. The summed E-state index contributed by atoms with van der Waals surface area (Å²) in [6.45, 7) is 9.71. The largest absolute Gasteiger partial charge is 0.491 e. The Bertz CT molecular complexity index is 945. The van der Waals surface area contributed by atoms with Crippen molar-refractivity contribution in [2.45, 2.75) is 53.0 Å². The van der Waals surface area contributed by atoms with Gasteiger partial charge in [-0.25, -0.2) is 4.39 Å². The number of thiophene rings is 1. The molecule has 1 aliphatic heterocycles. The monoisotopic (exact) mass is 474 g/mol. The summed E-state index contributed by atoms with van der Waals surface area (Å²) in [4.78, 5) is 31.2. The fourth-order valence-corrected chi connectivity index (χ4v) is 5.03. The normalized spacial score (nSPS) is 16.4. The van der Waals surface area contributed by atoms with E-state index < -0.39 is 0 Å². The van der Waals surface area contributed by atoms with Crippen molar-refractivity contribution in [1.29, 1.82) is 0 Å². The van der Waals surface area contributed by atoms with Crippen molar-refractivity contribution < 1.29 is 18.7 Å². The first kappa shape index (κ1) is 25.2. The lowest BCUT2D eigenvalue weighted by Gasteiger charge is -2.37. The number of benzene rings is 1. The first-order valence-electron chi connectivity index (χ1n) is 11.8. The number of rotatable bonds is 10. The molecule has 2 atom stereocenters. The van der Waals surface area contributed by atoms with Crippen LogP contribution in [-0.2, 0) is 16.0 Å². The molecule has 0 aliphatic carbocycles. The Morgan fingerprint density at radius 1 is 1.27 bits per heavy atom. The maximum atomic E-state index is 13.6. The third-order valence-electron chi connectivity index (χ3n) is 6.11. The molecule has 0 saturated heterocycles. The first-order chi connectivity index (χ1) is 15.8. The molecule has 0 fully saturated rings. The number of carbonyl (C=O) groups excluding carboxylic acids is 2. The molecule has 0 unspecified atom stereocenters. The van der Waals surface area contributed by atoms with E-state index in [1.165, 1.54) is 17.0 Å². The molecule has 180 valence electrons. The average molecular weight is 475 g/mol. The van der Waals surface area contributed by atoms with Crippen LogP contribution < -0.4 is 4.74 Å². The number of ether oxygens (including phenoxy) is 1. The van der Waals surface area contributed by atoms with Crippen molar-refractivity contribution in [3.8, 4) is 5.75 Å². The van der Waals surface area contributed by atoms with Crippen LogP contribution in [0.2, 0.25) is 0 Å². The lowest BCUT2D eigenvalue weighted by atomic mass is 10.00. The van der Waals surface area contributed by atoms with Gasteiger partial charge in [0.25, 0.3) is 0 Å². The second-order valence-electron chi connectivity index (χ2n) is 9.31. The highest BCUT2D eigenvalue weighted by Gasteiger charge is 2.33. The van der Waals surface area contributed by atoms with Crippen molar-refractivity contribution in [3.05, 3.63) is 52.0 Å². The SMILES string of the molecule is CC[C@@H](C)CN(CC(=O)N1CCc2sccc2[C@H]1COc1cccc(F)c1)C(=O)CC(C)C. The predicted octanol–water partition coefficient (Wildman–Crippen LogP) is 5.31. The number of fused-ring (bicyclic) bond motifs is 1. The molecule has 1 aromatic heterocycles. The first-order valence-corrected chi connectivity index (χ1v) is 12.7. The third-order valence-corrected chi connectivity index (χ3v) is 7.11. The molecule has 2 heterocycles. The predicted molar refractivity (Wildman–Crippen MR) is 130 cm³/mol. The molecule has 1 aromatic carbocycles. The van der Waals surface area contributed by atoms with Crippen LogP contribution in [0.4, 0.5) is 4.39 Å². The van der Waals surface area contributed by atoms with Crippen molar-refractivity contribution in [3.63, 3.8) is 0 Å². The molecular weight excluding hydrogens is 439 g/mol. The van der Waals surface area contributed by atoms with Gasteiger partial charge >= 0.3 is 0 Å². The molecule has 0 radical (unpaired) electrons. The molecule has 0 bridgehead atoms. The minimum absolute atomic E-state index is 0.0273. The summed E-state index contributed by atoms with van der Waals surface area (Å²) in [5.41, 5.74) is 1.08. The Kier molecular flexibility index (Phi) is 8.89. The Hall–Kier alpha value is -2.41. The number of halogens is 1. The lowest BCUT2D eigenvalue weighted by molar-refractivity contribution is -0.143. The summed E-state index contributed by atoms with van der Waals surface area (Å²) in [5.74, 6) is 0.605. The zero-order chi connectivity index (χ0) is 24.0. The van der Waals surface area contributed by atoms with Gasteiger partial charge in [-0.2, -0.15) is 0 Å².